The van der Waals surface area contributed by atoms with E-state index in [2.05, 4.69) is 82.6 Å². The second-order valence-corrected chi connectivity index (χ2v) is 6.03. The van der Waals surface area contributed by atoms with Gasteiger partial charge in [0.15, 0.2) is 0 Å². The van der Waals surface area contributed by atoms with Gasteiger partial charge in [-0.1, -0.05) is 32.0 Å². The van der Waals surface area contributed by atoms with Gasteiger partial charge in [-0.25, -0.2) is 4.98 Å². The second kappa shape index (κ2) is 7.22. The van der Waals surface area contributed by atoms with E-state index < -0.39 is 0 Å². The van der Waals surface area contributed by atoms with Crippen molar-refractivity contribution in [2.24, 2.45) is 0 Å². The van der Waals surface area contributed by atoms with Gasteiger partial charge < -0.3 is 9.88 Å². The zero-order valence-electron chi connectivity index (χ0n) is 12.4. The molecule has 1 aromatic heterocycles. The molecule has 1 heterocycles. The van der Waals surface area contributed by atoms with E-state index >= 15 is 0 Å². The maximum absolute atomic E-state index is 4.60. The first-order valence-corrected chi connectivity index (χ1v) is 8.26. The Labute approximate surface area is 134 Å². The maximum Gasteiger partial charge on any atom is 0.130 e. The summed E-state index contributed by atoms with van der Waals surface area (Å²) in [5.41, 5.74) is 2.63. The number of rotatable bonds is 6. The smallest absolute Gasteiger partial charge is 0.130 e. The van der Waals surface area contributed by atoms with E-state index in [1.807, 2.05) is 6.20 Å². The number of nitrogens with zero attached hydrogens (tertiary/aromatic N) is 2. The highest BCUT2D eigenvalue weighted by Gasteiger charge is 2.20. The van der Waals surface area contributed by atoms with Crippen LogP contribution in [0.15, 0.2) is 30.6 Å². The minimum atomic E-state index is 0.161. The Hall–Kier alpha value is -0.880. The monoisotopic (exact) mass is 383 g/mol. The van der Waals surface area contributed by atoms with Crippen LogP contribution in [0.2, 0.25) is 0 Å². The fourth-order valence-corrected chi connectivity index (χ4v) is 3.12. The van der Waals surface area contributed by atoms with Crippen LogP contribution >= 0.6 is 22.6 Å². The quantitative estimate of drug-likeness (QED) is 0.767. The van der Waals surface area contributed by atoms with Crippen molar-refractivity contribution in [1.29, 1.82) is 0 Å². The van der Waals surface area contributed by atoms with Gasteiger partial charge in [-0.15, -0.1) is 0 Å². The molecule has 0 bridgehead atoms. The lowest BCUT2D eigenvalue weighted by atomic mass is 10.0. The minimum absolute atomic E-state index is 0.161. The van der Waals surface area contributed by atoms with E-state index in [9.17, 15) is 0 Å². The fraction of sp³-hybridized carbons (Fsp3) is 0.438. The molecule has 0 spiro atoms. The van der Waals surface area contributed by atoms with Gasteiger partial charge in [-0.3, -0.25) is 0 Å². The molecule has 108 valence electrons. The summed E-state index contributed by atoms with van der Waals surface area (Å²) in [6.45, 7) is 8.44. The van der Waals surface area contributed by atoms with Gasteiger partial charge in [0.1, 0.15) is 5.82 Å². The van der Waals surface area contributed by atoms with Crippen LogP contribution in [-0.4, -0.2) is 16.1 Å². The standard InChI is InChI=1S/C16H22IN3/c1-4-10-20-11-9-19-16(20)15(18-5-2)13-8-6-7-12(3)14(13)17/h6-9,11,15,18H,4-5,10H2,1-3H3. The molecule has 1 aromatic carbocycles. The summed E-state index contributed by atoms with van der Waals surface area (Å²) in [7, 11) is 0. The summed E-state index contributed by atoms with van der Waals surface area (Å²) in [6.07, 6.45) is 5.09. The molecule has 3 nitrogen and oxygen atoms in total. The molecule has 0 radical (unpaired) electrons. The SMILES string of the molecule is CCCn1ccnc1C(NCC)c1cccc(C)c1I. The molecule has 20 heavy (non-hydrogen) atoms. The van der Waals surface area contributed by atoms with Crippen molar-refractivity contribution in [3.8, 4) is 0 Å². The molecule has 1 atom stereocenters. The first kappa shape index (κ1) is 15.5. The molecule has 4 heteroatoms. The largest absolute Gasteiger partial charge is 0.333 e. The highest BCUT2D eigenvalue weighted by Crippen LogP contribution is 2.27. The molecular formula is C16H22IN3. The number of aryl methyl sites for hydroxylation is 2. The van der Waals surface area contributed by atoms with E-state index in [-0.39, 0.29) is 6.04 Å². The van der Waals surface area contributed by atoms with Gasteiger partial charge in [-0.2, -0.15) is 0 Å². The first-order valence-electron chi connectivity index (χ1n) is 7.18. The van der Waals surface area contributed by atoms with Crippen LogP contribution in [0.1, 0.15) is 43.3 Å². The van der Waals surface area contributed by atoms with Crippen molar-refractivity contribution in [3.63, 3.8) is 0 Å². The molecule has 0 amide bonds. The molecule has 0 aliphatic heterocycles. The van der Waals surface area contributed by atoms with E-state index in [1.54, 1.807) is 0 Å². The lowest BCUT2D eigenvalue weighted by molar-refractivity contribution is 0.542. The maximum atomic E-state index is 4.60. The van der Waals surface area contributed by atoms with Crippen LogP contribution in [-0.2, 0) is 6.54 Å². The van der Waals surface area contributed by atoms with Gasteiger partial charge in [-0.05, 0) is 53.6 Å². The third kappa shape index (κ3) is 3.23. The van der Waals surface area contributed by atoms with Gasteiger partial charge in [0.05, 0.1) is 6.04 Å². The van der Waals surface area contributed by atoms with Crippen molar-refractivity contribution >= 4 is 22.6 Å². The highest BCUT2D eigenvalue weighted by atomic mass is 127. The number of hydrogen-bond donors (Lipinski definition) is 1. The summed E-state index contributed by atoms with van der Waals surface area (Å²) in [4.78, 5) is 4.60. The van der Waals surface area contributed by atoms with Crippen molar-refractivity contribution < 1.29 is 0 Å². The molecule has 2 rings (SSSR count). The summed E-state index contributed by atoms with van der Waals surface area (Å²) >= 11 is 2.44. The zero-order valence-corrected chi connectivity index (χ0v) is 14.5. The first-order chi connectivity index (χ1) is 9.69. The lowest BCUT2D eigenvalue weighted by Gasteiger charge is -2.21. The third-order valence-electron chi connectivity index (χ3n) is 3.41. The Morgan fingerprint density at radius 2 is 2.15 bits per heavy atom. The Bertz CT molecular complexity index is 563. The van der Waals surface area contributed by atoms with Crippen LogP contribution in [0.5, 0.6) is 0 Å². The van der Waals surface area contributed by atoms with Crippen molar-refractivity contribution in [2.45, 2.75) is 39.8 Å². The minimum Gasteiger partial charge on any atom is -0.333 e. The molecular weight excluding hydrogens is 361 g/mol. The summed E-state index contributed by atoms with van der Waals surface area (Å²) in [5, 5.41) is 3.58. The lowest BCUT2D eigenvalue weighted by Crippen LogP contribution is -2.26. The van der Waals surface area contributed by atoms with Gasteiger partial charge in [0, 0.05) is 22.5 Å². The van der Waals surface area contributed by atoms with E-state index in [0.717, 1.165) is 25.3 Å². The van der Waals surface area contributed by atoms with Gasteiger partial charge in [0.25, 0.3) is 0 Å². The van der Waals surface area contributed by atoms with Gasteiger partial charge in [0.2, 0.25) is 0 Å². The molecule has 1 N–H and O–H groups in total. The van der Waals surface area contributed by atoms with Crippen molar-refractivity contribution in [2.75, 3.05) is 6.54 Å². The molecule has 0 saturated heterocycles. The van der Waals surface area contributed by atoms with E-state index in [4.69, 9.17) is 0 Å². The number of imidazole rings is 1. The highest BCUT2D eigenvalue weighted by molar-refractivity contribution is 14.1. The predicted molar refractivity (Wildman–Crippen MR) is 91.9 cm³/mol. The summed E-state index contributed by atoms with van der Waals surface area (Å²) < 4.78 is 3.58. The Balaban J connectivity index is 2.45. The number of benzene rings is 1. The average Bonchev–Trinajstić information content (AvgIpc) is 2.88. The third-order valence-corrected chi connectivity index (χ3v) is 4.88. The average molecular weight is 383 g/mol. The Kier molecular flexibility index (Phi) is 5.60. The fourth-order valence-electron chi connectivity index (χ4n) is 2.45. The molecule has 0 saturated carbocycles. The summed E-state index contributed by atoms with van der Waals surface area (Å²) in [6, 6.07) is 6.65. The van der Waals surface area contributed by atoms with Crippen LogP contribution in [0.4, 0.5) is 0 Å². The molecule has 0 aliphatic carbocycles. The van der Waals surface area contributed by atoms with E-state index in [0.29, 0.717) is 0 Å². The second-order valence-electron chi connectivity index (χ2n) is 4.95. The molecule has 1 unspecified atom stereocenters. The van der Waals surface area contributed by atoms with Crippen LogP contribution in [0.3, 0.4) is 0 Å². The Morgan fingerprint density at radius 3 is 2.85 bits per heavy atom. The molecule has 0 fully saturated rings. The number of nitrogens with one attached hydrogen (secondary N) is 1. The van der Waals surface area contributed by atoms with E-state index in [1.165, 1.54) is 14.7 Å². The van der Waals surface area contributed by atoms with Crippen molar-refractivity contribution in [1.82, 2.24) is 14.9 Å². The zero-order chi connectivity index (χ0) is 14.5. The Morgan fingerprint density at radius 1 is 1.35 bits per heavy atom. The number of aromatic nitrogens is 2. The number of halogens is 1. The summed E-state index contributed by atoms with van der Waals surface area (Å²) in [5.74, 6) is 1.11. The molecule has 2 aromatic rings. The topological polar surface area (TPSA) is 29.9 Å². The van der Waals surface area contributed by atoms with Crippen LogP contribution in [0, 0.1) is 10.5 Å². The molecule has 0 aliphatic rings. The van der Waals surface area contributed by atoms with Crippen molar-refractivity contribution in [3.05, 3.63) is 51.1 Å². The predicted octanol–water partition coefficient (Wildman–Crippen LogP) is 3.91. The van der Waals surface area contributed by atoms with Crippen LogP contribution < -0.4 is 5.32 Å². The van der Waals surface area contributed by atoms with Crippen LogP contribution in [0.25, 0.3) is 0 Å². The number of hydrogen-bond acceptors (Lipinski definition) is 2. The normalized spacial score (nSPS) is 12.6. The van der Waals surface area contributed by atoms with Gasteiger partial charge >= 0.3 is 0 Å².